The van der Waals surface area contributed by atoms with Crippen LogP contribution in [0.4, 0.5) is 0 Å². The lowest BCUT2D eigenvalue weighted by Gasteiger charge is -2.18. The molecule has 9 nitrogen and oxygen atoms in total. The highest BCUT2D eigenvalue weighted by molar-refractivity contribution is 5.79. The second-order valence-electron chi connectivity index (χ2n) is 6.36. The van der Waals surface area contributed by atoms with Gasteiger partial charge in [0, 0.05) is 0 Å². The summed E-state index contributed by atoms with van der Waals surface area (Å²) in [5, 5.41) is 12.0. The number of rotatable bonds is 7. The Balaban J connectivity index is 1.87. The molecule has 0 aliphatic carbocycles. The fourth-order valence-corrected chi connectivity index (χ4v) is 3.01. The number of amides is 1. The SMILES string of the molecule is COc1cccc(C(CC(=O)O)NC(=O)Cn2c(=O)[nH]c3ccccc3c2=O)c1. The van der Waals surface area contributed by atoms with E-state index in [1.54, 1.807) is 48.5 Å². The van der Waals surface area contributed by atoms with Crippen molar-refractivity contribution >= 4 is 22.8 Å². The van der Waals surface area contributed by atoms with Gasteiger partial charge in [-0.25, -0.2) is 4.79 Å². The number of aromatic nitrogens is 2. The maximum absolute atomic E-state index is 12.6. The van der Waals surface area contributed by atoms with Gasteiger partial charge in [0.25, 0.3) is 5.56 Å². The van der Waals surface area contributed by atoms with Gasteiger partial charge in [0.15, 0.2) is 0 Å². The van der Waals surface area contributed by atoms with E-state index in [1.807, 2.05) is 0 Å². The summed E-state index contributed by atoms with van der Waals surface area (Å²) in [6.45, 7) is -0.543. The predicted molar refractivity (Wildman–Crippen MR) is 105 cm³/mol. The maximum Gasteiger partial charge on any atom is 0.329 e. The number of ether oxygens (including phenoxy) is 1. The van der Waals surface area contributed by atoms with Gasteiger partial charge in [0.05, 0.1) is 30.5 Å². The fraction of sp³-hybridized carbons (Fsp3) is 0.200. The van der Waals surface area contributed by atoms with E-state index in [9.17, 15) is 24.3 Å². The van der Waals surface area contributed by atoms with Gasteiger partial charge in [-0.1, -0.05) is 24.3 Å². The zero-order valence-electron chi connectivity index (χ0n) is 15.5. The minimum absolute atomic E-state index is 0.273. The number of aromatic amines is 1. The third-order valence-corrected chi connectivity index (χ3v) is 4.40. The van der Waals surface area contributed by atoms with E-state index < -0.39 is 35.7 Å². The molecule has 150 valence electrons. The van der Waals surface area contributed by atoms with Gasteiger partial charge in [-0.15, -0.1) is 0 Å². The van der Waals surface area contributed by atoms with E-state index in [-0.39, 0.29) is 11.8 Å². The topological polar surface area (TPSA) is 130 Å². The molecule has 0 saturated carbocycles. The minimum Gasteiger partial charge on any atom is -0.497 e. The van der Waals surface area contributed by atoms with Crippen LogP contribution >= 0.6 is 0 Å². The summed E-state index contributed by atoms with van der Waals surface area (Å²) in [5.41, 5.74) is -0.421. The summed E-state index contributed by atoms with van der Waals surface area (Å²) in [6, 6.07) is 12.3. The number of methoxy groups -OCH3 is 1. The normalized spacial score (nSPS) is 11.8. The number of benzene rings is 2. The summed E-state index contributed by atoms with van der Waals surface area (Å²) in [4.78, 5) is 51.1. The third kappa shape index (κ3) is 4.52. The Morgan fingerprint density at radius 1 is 1.17 bits per heavy atom. The van der Waals surface area contributed by atoms with Crippen LogP contribution < -0.4 is 21.3 Å². The number of hydrogen-bond acceptors (Lipinski definition) is 5. The number of fused-ring (bicyclic) bond motifs is 1. The van der Waals surface area contributed by atoms with Crippen LogP contribution in [0.2, 0.25) is 0 Å². The van der Waals surface area contributed by atoms with Crippen LogP contribution in [0.15, 0.2) is 58.1 Å². The summed E-state index contributed by atoms with van der Waals surface area (Å²) in [6.07, 6.45) is -0.373. The highest BCUT2D eigenvalue weighted by atomic mass is 16.5. The summed E-state index contributed by atoms with van der Waals surface area (Å²) < 4.78 is 5.91. The van der Waals surface area contributed by atoms with Crippen LogP contribution in [0, 0.1) is 0 Å². The molecule has 0 radical (unpaired) electrons. The van der Waals surface area contributed by atoms with Gasteiger partial charge in [-0.2, -0.15) is 0 Å². The van der Waals surface area contributed by atoms with Gasteiger partial charge in [-0.3, -0.25) is 19.0 Å². The molecule has 3 N–H and O–H groups in total. The molecule has 0 saturated heterocycles. The van der Waals surface area contributed by atoms with Crippen LogP contribution in [-0.4, -0.2) is 33.6 Å². The second kappa shape index (κ2) is 8.42. The predicted octanol–water partition coefficient (Wildman–Crippen LogP) is 1.03. The van der Waals surface area contributed by atoms with Crippen molar-refractivity contribution in [1.82, 2.24) is 14.9 Å². The lowest BCUT2D eigenvalue weighted by molar-refractivity contribution is -0.137. The molecule has 0 aliphatic heterocycles. The minimum atomic E-state index is -1.11. The monoisotopic (exact) mass is 397 g/mol. The van der Waals surface area contributed by atoms with Crippen molar-refractivity contribution in [3.05, 3.63) is 74.9 Å². The number of nitrogens with one attached hydrogen (secondary N) is 2. The molecule has 1 unspecified atom stereocenters. The average molecular weight is 397 g/mol. The lowest BCUT2D eigenvalue weighted by Crippen LogP contribution is -2.41. The quantitative estimate of drug-likeness (QED) is 0.546. The van der Waals surface area contributed by atoms with Gasteiger partial charge >= 0.3 is 11.7 Å². The lowest BCUT2D eigenvalue weighted by atomic mass is 10.0. The largest absolute Gasteiger partial charge is 0.497 e. The van der Waals surface area contributed by atoms with E-state index in [2.05, 4.69) is 10.3 Å². The molecule has 3 aromatic rings. The number of carbonyl (C=O) groups is 2. The number of carbonyl (C=O) groups excluding carboxylic acids is 1. The van der Waals surface area contributed by atoms with Gasteiger partial charge in [0.1, 0.15) is 12.3 Å². The first-order valence-corrected chi connectivity index (χ1v) is 8.76. The molecule has 0 spiro atoms. The van der Waals surface area contributed by atoms with Crippen molar-refractivity contribution in [1.29, 1.82) is 0 Å². The number of H-pyrrole nitrogens is 1. The van der Waals surface area contributed by atoms with E-state index in [1.165, 1.54) is 7.11 Å². The number of nitrogens with zero attached hydrogens (tertiary/aromatic N) is 1. The Hall–Kier alpha value is -3.88. The molecule has 3 rings (SSSR count). The van der Waals surface area contributed by atoms with Crippen molar-refractivity contribution in [2.24, 2.45) is 0 Å². The number of para-hydroxylation sites is 1. The smallest absolute Gasteiger partial charge is 0.329 e. The number of aliphatic carboxylic acids is 1. The highest BCUT2D eigenvalue weighted by Gasteiger charge is 2.20. The van der Waals surface area contributed by atoms with Crippen LogP contribution in [0.25, 0.3) is 10.9 Å². The average Bonchev–Trinajstić information content (AvgIpc) is 2.70. The Morgan fingerprint density at radius 2 is 1.93 bits per heavy atom. The molecular weight excluding hydrogens is 378 g/mol. The van der Waals surface area contributed by atoms with Crippen molar-refractivity contribution in [2.75, 3.05) is 7.11 Å². The van der Waals surface area contributed by atoms with Crippen LogP contribution in [0.1, 0.15) is 18.0 Å². The Labute approximate surface area is 164 Å². The van der Waals surface area contributed by atoms with E-state index in [0.29, 0.717) is 16.8 Å². The standard InChI is InChI=1S/C20H19N3O6/c1-29-13-6-4-5-12(9-13)16(10-18(25)26)21-17(24)11-23-19(27)14-7-2-3-8-15(14)22-20(23)28/h2-9,16H,10-11H2,1H3,(H,21,24)(H,22,28)(H,25,26). The Kier molecular flexibility index (Phi) is 5.77. The van der Waals surface area contributed by atoms with Crippen molar-refractivity contribution in [3.8, 4) is 5.75 Å². The van der Waals surface area contributed by atoms with Gasteiger partial charge in [0.2, 0.25) is 5.91 Å². The van der Waals surface area contributed by atoms with E-state index in [0.717, 1.165) is 4.57 Å². The fourth-order valence-electron chi connectivity index (χ4n) is 3.01. The zero-order valence-corrected chi connectivity index (χ0v) is 15.5. The molecule has 2 aromatic carbocycles. The molecule has 1 aromatic heterocycles. The van der Waals surface area contributed by atoms with Crippen LogP contribution in [0.3, 0.4) is 0 Å². The first kappa shape index (κ1) is 19.9. The first-order chi connectivity index (χ1) is 13.9. The summed E-state index contributed by atoms with van der Waals surface area (Å²) in [5.74, 6) is -1.27. The summed E-state index contributed by atoms with van der Waals surface area (Å²) >= 11 is 0. The first-order valence-electron chi connectivity index (χ1n) is 8.76. The summed E-state index contributed by atoms with van der Waals surface area (Å²) in [7, 11) is 1.47. The molecule has 0 aliphatic rings. The van der Waals surface area contributed by atoms with Crippen molar-refractivity contribution in [2.45, 2.75) is 19.0 Å². The molecular formula is C20H19N3O6. The second-order valence-corrected chi connectivity index (χ2v) is 6.36. The zero-order chi connectivity index (χ0) is 21.0. The maximum atomic E-state index is 12.6. The van der Waals surface area contributed by atoms with Crippen LogP contribution in [0.5, 0.6) is 5.75 Å². The van der Waals surface area contributed by atoms with E-state index in [4.69, 9.17) is 4.74 Å². The third-order valence-electron chi connectivity index (χ3n) is 4.40. The number of carboxylic acids is 1. The van der Waals surface area contributed by atoms with E-state index >= 15 is 0 Å². The molecule has 29 heavy (non-hydrogen) atoms. The molecule has 1 amide bonds. The number of hydrogen-bond donors (Lipinski definition) is 3. The number of carboxylic acid groups (broad SMARTS) is 1. The Bertz CT molecular complexity index is 1180. The van der Waals surface area contributed by atoms with Gasteiger partial charge in [-0.05, 0) is 29.8 Å². The molecule has 1 heterocycles. The molecule has 0 bridgehead atoms. The Morgan fingerprint density at radius 3 is 2.66 bits per heavy atom. The molecule has 0 fully saturated rings. The molecule has 9 heteroatoms. The molecule has 1 atom stereocenters. The van der Waals surface area contributed by atoms with Crippen molar-refractivity contribution in [3.63, 3.8) is 0 Å². The van der Waals surface area contributed by atoms with Crippen LogP contribution in [-0.2, 0) is 16.1 Å². The van der Waals surface area contributed by atoms with Gasteiger partial charge < -0.3 is 20.1 Å². The highest BCUT2D eigenvalue weighted by Crippen LogP contribution is 2.21. The van der Waals surface area contributed by atoms with Crippen molar-refractivity contribution < 1.29 is 19.4 Å².